The van der Waals surface area contributed by atoms with Crippen molar-refractivity contribution in [2.24, 2.45) is 22.9 Å². The first-order valence-corrected chi connectivity index (χ1v) is 9.49. The number of carbonyl (C=O) groups is 7. The van der Waals surface area contributed by atoms with Gasteiger partial charge in [0.1, 0.15) is 18.1 Å². The summed E-state index contributed by atoms with van der Waals surface area (Å²) in [5.74, 6) is -6.82. The van der Waals surface area contributed by atoms with Gasteiger partial charge in [0.05, 0.1) is 12.5 Å². The van der Waals surface area contributed by atoms with E-state index >= 15 is 0 Å². The van der Waals surface area contributed by atoms with Gasteiger partial charge in [0.25, 0.3) is 0 Å². The van der Waals surface area contributed by atoms with E-state index in [4.69, 9.17) is 22.9 Å². The average Bonchev–Trinajstić information content (AvgIpc) is 2.66. The minimum Gasteiger partial charge on any atom is -0.480 e. The summed E-state index contributed by atoms with van der Waals surface area (Å²) in [5, 5.41) is 15.7. The van der Waals surface area contributed by atoms with Gasteiger partial charge < -0.3 is 44.0 Å². The Morgan fingerprint density at radius 2 is 1.09 bits per heavy atom. The molecule has 0 aliphatic heterocycles. The maximum absolute atomic E-state index is 12.6. The van der Waals surface area contributed by atoms with E-state index in [-0.39, 0.29) is 25.7 Å². The lowest BCUT2D eigenvalue weighted by Gasteiger charge is -2.24. The summed E-state index contributed by atoms with van der Waals surface area (Å²) >= 11 is 0. The van der Waals surface area contributed by atoms with Gasteiger partial charge in [-0.3, -0.25) is 28.8 Å². The summed E-state index contributed by atoms with van der Waals surface area (Å²) in [4.78, 5) is 81.6. The molecule has 0 heterocycles. The molecule has 0 rings (SSSR count). The van der Waals surface area contributed by atoms with E-state index in [0.29, 0.717) is 0 Å². The molecule has 12 N–H and O–H groups in total. The Balaban J connectivity index is 5.49. The van der Waals surface area contributed by atoms with Crippen LogP contribution in [0.4, 0.5) is 0 Å². The molecule has 6 amide bonds. The molecule has 180 valence electrons. The molecule has 15 nitrogen and oxygen atoms in total. The third-order valence-electron chi connectivity index (χ3n) is 4.06. The largest absolute Gasteiger partial charge is 0.480 e. The van der Waals surface area contributed by atoms with E-state index in [1.54, 1.807) is 0 Å². The Hall–Kier alpha value is -3.75. The van der Waals surface area contributed by atoms with Gasteiger partial charge in [0.2, 0.25) is 35.4 Å². The number of nitrogens with two attached hydrogens (primary N) is 4. The highest BCUT2D eigenvalue weighted by molar-refractivity contribution is 5.96. The molecule has 0 radical (unpaired) electrons. The van der Waals surface area contributed by atoms with Crippen LogP contribution in [0, 0.1) is 0 Å². The third kappa shape index (κ3) is 11.4. The summed E-state index contributed by atoms with van der Waals surface area (Å²) in [7, 11) is 0. The van der Waals surface area contributed by atoms with Gasteiger partial charge >= 0.3 is 5.97 Å². The Kier molecular flexibility index (Phi) is 11.9. The Bertz CT molecular complexity index is 755. The fourth-order valence-corrected chi connectivity index (χ4v) is 2.36. The number of nitrogens with one attached hydrogen (secondary N) is 3. The molecule has 0 aliphatic rings. The number of carboxylic acid groups (broad SMARTS) is 1. The number of primary amides is 3. The van der Waals surface area contributed by atoms with E-state index in [9.17, 15) is 38.7 Å². The lowest BCUT2D eigenvalue weighted by molar-refractivity contribution is -0.142. The highest BCUT2D eigenvalue weighted by atomic mass is 16.4. The molecular formula is C17H29N7O8. The van der Waals surface area contributed by atoms with Crippen LogP contribution < -0.4 is 38.9 Å². The number of aliphatic carboxylic acids is 1. The van der Waals surface area contributed by atoms with Crippen LogP contribution in [0.3, 0.4) is 0 Å². The average molecular weight is 459 g/mol. The van der Waals surface area contributed by atoms with Gasteiger partial charge in [0, 0.05) is 12.8 Å². The molecule has 0 aromatic carbocycles. The molecule has 32 heavy (non-hydrogen) atoms. The van der Waals surface area contributed by atoms with Crippen LogP contribution in [0.5, 0.6) is 0 Å². The second-order valence-electron chi connectivity index (χ2n) is 6.99. The molecule has 0 bridgehead atoms. The normalized spacial score (nSPS) is 14.2. The van der Waals surface area contributed by atoms with Gasteiger partial charge in [-0.15, -0.1) is 0 Å². The van der Waals surface area contributed by atoms with Gasteiger partial charge in [-0.2, -0.15) is 0 Å². The maximum atomic E-state index is 12.6. The standard InChI is InChI=1S/C17H29N7O8/c1-7(18)14(28)22-8(2-4-11(19)25)15(29)24-10(6-13(21)27)16(30)23-9(17(31)32)3-5-12(20)26/h7-10H,2-6,18H2,1H3,(H2,19,25)(H2,20,26)(H2,21,27)(H,22,28)(H,23,30)(H,24,29)(H,31,32). The zero-order valence-corrected chi connectivity index (χ0v) is 17.5. The molecule has 0 saturated carbocycles. The van der Waals surface area contributed by atoms with Crippen molar-refractivity contribution in [3.05, 3.63) is 0 Å². The van der Waals surface area contributed by atoms with Crippen LogP contribution >= 0.6 is 0 Å². The summed E-state index contributed by atoms with van der Waals surface area (Å²) < 4.78 is 0. The smallest absolute Gasteiger partial charge is 0.326 e. The molecule has 4 unspecified atom stereocenters. The van der Waals surface area contributed by atoms with E-state index in [1.807, 2.05) is 0 Å². The van der Waals surface area contributed by atoms with Crippen molar-refractivity contribution in [3.8, 4) is 0 Å². The lowest BCUT2D eigenvalue weighted by atomic mass is 10.1. The quantitative estimate of drug-likeness (QED) is 0.116. The molecule has 0 aliphatic carbocycles. The van der Waals surface area contributed by atoms with Gasteiger partial charge in [-0.1, -0.05) is 0 Å². The van der Waals surface area contributed by atoms with Crippen LogP contribution in [-0.2, 0) is 33.6 Å². The number of hydrogen-bond acceptors (Lipinski definition) is 8. The molecule has 0 saturated heterocycles. The Morgan fingerprint density at radius 3 is 1.50 bits per heavy atom. The van der Waals surface area contributed by atoms with Gasteiger partial charge in [-0.05, 0) is 19.8 Å². The van der Waals surface area contributed by atoms with E-state index < -0.39 is 72.0 Å². The van der Waals surface area contributed by atoms with Crippen LogP contribution in [0.15, 0.2) is 0 Å². The maximum Gasteiger partial charge on any atom is 0.326 e. The predicted molar refractivity (Wildman–Crippen MR) is 108 cm³/mol. The van der Waals surface area contributed by atoms with Crippen molar-refractivity contribution < 1.29 is 38.7 Å². The second-order valence-corrected chi connectivity index (χ2v) is 6.99. The number of carbonyl (C=O) groups excluding carboxylic acids is 6. The monoisotopic (exact) mass is 459 g/mol. The van der Waals surface area contributed by atoms with Crippen molar-refractivity contribution in [1.29, 1.82) is 0 Å². The summed E-state index contributed by atoms with van der Waals surface area (Å²) in [5.41, 5.74) is 20.6. The van der Waals surface area contributed by atoms with E-state index in [1.165, 1.54) is 6.92 Å². The third-order valence-corrected chi connectivity index (χ3v) is 4.06. The Labute approximate surface area is 183 Å². The SMILES string of the molecule is CC(N)C(=O)NC(CCC(N)=O)C(=O)NC(CC(N)=O)C(=O)NC(CCC(N)=O)C(=O)O. The van der Waals surface area contributed by atoms with Gasteiger partial charge in [0.15, 0.2) is 0 Å². The first-order chi connectivity index (χ1) is 14.7. The highest BCUT2D eigenvalue weighted by Gasteiger charge is 2.31. The summed E-state index contributed by atoms with van der Waals surface area (Å²) in [6.45, 7) is 1.35. The minimum absolute atomic E-state index is 0.235. The van der Waals surface area contributed by atoms with Crippen molar-refractivity contribution in [2.45, 2.75) is 63.2 Å². The van der Waals surface area contributed by atoms with Gasteiger partial charge in [-0.25, -0.2) is 4.79 Å². The van der Waals surface area contributed by atoms with Crippen molar-refractivity contribution in [3.63, 3.8) is 0 Å². The zero-order valence-electron chi connectivity index (χ0n) is 17.5. The second kappa shape index (κ2) is 13.5. The van der Waals surface area contributed by atoms with Crippen LogP contribution in [-0.4, -0.2) is 70.7 Å². The molecular weight excluding hydrogens is 430 g/mol. The van der Waals surface area contributed by atoms with Crippen molar-refractivity contribution in [2.75, 3.05) is 0 Å². The Morgan fingerprint density at radius 1 is 0.688 bits per heavy atom. The molecule has 0 fully saturated rings. The lowest BCUT2D eigenvalue weighted by Crippen LogP contribution is -2.57. The molecule has 0 spiro atoms. The molecule has 0 aromatic heterocycles. The minimum atomic E-state index is -1.61. The predicted octanol–water partition coefficient (Wildman–Crippen LogP) is -4.72. The summed E-state index contributed by atoms with van der Waals surface area (Å²) in [6.07, 6.45) is -1.91. The molecule has 0 aromatic rings. The van der Waals surface area contributed by atoms with E-state index in [0.717, 1.165) is 0 Å². The fourth-order valence-electron chi connectivity index (χ4n) is 2.36. The van der Waals surface area contributed by atoms with Crippen molar-refractivity contribution >= 4 is 41.4 Å². The number of amides is 6. The fraction of sp³-hybridized carbons (Fsp3) is 0.588. The number of rotatable bonds is 15. The zero-order chi connectivity index (χ0) is 25.0. The number of hydrogen-bond donors (Lipinski definition) is 8. The van der Waals surface area contributed by atoms with Crippen LogP contribution in [0.2, 0.25) is 0 Å². The van der Waals surface area contributed by atoms with E-state index in [2.05, 4.69) is 16.0 Å². The molecule has 15 heteroatoms. The van der Waals surface area contributed by atoms with Crippen molar-refractivity contribution in [1.82, 2.24) is 16.0 Å². The topological polar surface area (TPSA) is 280 Å². The summed E-state index contributed by atoms with van der Waals surface area (Å²) in [6, 6.07) is -5.48. The molecule has 4 atom stereocenters. The van der Waals surface area contributed by atoms with Crippen LogP contribution in [0.1, 0.15) is 39.0 Å². The van der Waals surface area contributed by atoms with Crippen LogP contribution in [0.25, 0.3) is 0 Å². The number of carboxylic acids is 1. The first-order valence-electron chi connectivity index (χ1n) is 9.49. The first kappa shape index (κ1) is 28.2. The highest BCUT2D eigenvalue weighted by Crippen LogP contribution is 2.03.